The molecule has 1 aromatic carbocycles. The lowest BCUT2D eigenvalue weighted by molar-refractivity contribution is 0.489. The average Bonchev–Trinajstić information content (AvgIpc) is 3.22. The third-order valence-corrected chi connectivity index (χ3v) is 5.56. The van der Waals surface area contributed by atoms with Gasteiger partial charge in [0.2, 0.25) is 0 Å². The highest BCUT2D eigenvalue weighted by Crippen LogP contribution is 2.34. The zero-order valence-corrected chi connectivity index (χ0v) is 13.0. The maximum absolute atomic E-state index is 13.1. The third-order valence-electron chi connectivity index (χ3n) is 3.50. The van der Waals surface area contributed by atoms with E-state index in [-0.39, 0.29) is 21.7 Å². The van der Waals surface area contributed by atoms with Crippen LogP contribution in [-0.2, 0) is 9.84 Å². The Labute approximate surface area is 124 Å². The van der Waals surface area contributed by atoms with Crippen molar-refractivity contribution < 1.29 is 12.8 Å². The molecule has 2 rings (SSSR count). The molecule has 1 saturated carbocycles. The predicted molar refractivity (Wildman–Crippen MR) is 78.3 cm³/mol. The zero-order valence-electron chi connectivity index (χ0n) is 11.4. The number of hydrogen-bond donors (Lipinski definition) is 1. The lowest BCUT2D eigenvalue weighted by Gasteiger charge is -2.18. The van der Waals surface area contributed by atoms with Gasteiger partial charge in [-0.3, -0.25) is 0 Å². The zero-order chi connectivity index (χ0) is 14.8. The Balaban J connectivity index is 2.14. The van der Waals surface area contributed by atoms with Crippen LogP contribution in [0.1, 0.15) is 26.2 Å². The van der Waals surface area contributed by atoms with Crippen LogP contribution in [0.25, 0.3) is 0 Å². The van der Waals surface area contributed by atoms with Crippen molar-refractivity contribution in [1.29, 1.82) is 0 Å². The minimum atomic E-state index is -3.45. The summed E-state index contributed by atoms with van der Waals surface area (Å²) in [6, 6.07) is 3.54. The van der Waals surface area contributed by atoms with E-state index in [2.05, 4.69) is 5.32 Å². The van der Waals surface area contributed by atoms with Crippen LogP contribution in [0.3, 0.4) is 0 Å². The van der Waals surface area contributed by atoms with E-state index in [0.717, 1.165) is 31.9 Å². The lowest BCUT2D eigenvalue weighted by atomic mass is 10.2. The largest absolute Gasteiger partial charge is 0.313 e. The summed E-state index contributed by atoms with van der Waals surface area (Å²) in [4.78, 5) is 0.0906. The molecule has 0 radical (unpaired) electrons. The molecule has 3 nitrogen and oxygen atoms in total. The number of hydrogen-bond acceptors (Lipinski definition) is 3. The van der Waals surface area contributed by atoms with Gasteiger partial charge in [-0.15, -0.1) is 0 Å². The van der Waals surface area contributed by atoms with Crippen LogP contribution in [0.5, 0.6) is 0 Å². The topological polar surface area (TPSA) is 46.2 Å². The third kappa shape index (κ3) is 3.93. The molecule has 112 valence electrons. The van der Waals surface area contributed by atoms with Crippen LogP contribution in [0.15, 0.2) is 23.1 Å². The first-order chi connectivity index (χ1) is 9.44. The van der Waals surface area contributed by atoms with Gasteiger partial charge in [-0.05, 0) is 49.9 Å². The fraction of sp³-hybridized carbons (Fsp3) is 0.571. The van der Waals surface area contributed by atoms with E-state index in [9.17, 15) is 12.8 Å². The molecule has 1 N–H and O–H groups in total. The number of sulfone groups is 1. The minimum Gasteiger partial charge on any atom is -0.313 e. The molecule has 1 atom stereocenters. The lowest BCUT2D eigenvalue weighted by Crippen LogP contribution is -2.38. The predicted octanol–water partition coefficient (Wildman–Crippen LogP) is 3.03. The Morgan fingerprint density at radius 1 is 1.45 bits per heavy atom. The molecule has 0 aromatic heterocycles. The van der Waals surface area contributed by atoms with E-state index >= 15 is 0 Å². The van der Waals surface area contributed by atoms with Gasteiger partial charge in [-0.1, -0.05) is 18.5 Å². The molecule has 1 unspecified atom stereocenters. The highest BCUT2D eigenvalue weighted by atomic mass is 35.5. The van der Waals surface area contributed by atoms with Gasteiger partial charge in [-0.2, -0.15) is 0 Å². The molecule has 0 bridgehead atoms. The second-order valence-corrected chi connectivity index (χ2v) is 7.70. The minimum absolute atomic E-state index is 0.0243. The van der Waals surface area contributed by atoms with E-state index in [1.54, 1.807) is 0 Å². The Kier molecular flexibility index (Phi) is 5.04. The summed E-state index contributed by atoms with van der Waals surface area (Å²) in [6.45, 7) is 2.85. The van der Waals surface area contributed by atoms with Crippen LogP contribution >= 0.6 is 11.6 Å². The first kappa shape index (κ1) is 15.7. The van der Waals surface area contributed by atoms with Crippen molar-refractivity contribution in [3.05, 3.63) is 29.0 Å². The molecule has 20 heavy (non-hydrogen) atoms. The van der Waals surface area contributed by atoms with Gasteiger partial charge in [0.05, 0.1) is 15.7 Å². The van der Waals surface area contributed by atoms with Gasteiger partial charge >= 0.3 is 0 Å². The van der Waals surface area contributed by atoms with Gasteiger partial charge < -0.3 is 5.32 Å². The second-order valence-electron chi connectivity index (χ2n) is 5.26. The normalized spacial score (nSPS) is 17.1. The standard InChI is InChI=1S/C14H19ClFNO2S/c1-2-7-17-14(10-3-4-10)9-20(18,19)11-5-6-13(16)12(15)8-11/h5-6,8,10,14,17H,2-4,7,9H2,1H3. The number of benzene rings is 1. The monoisotopic (exact) mass is 319 g/mol. The Morgan fingerprint density at radius 2 is 2.15 bits per heavy atom. The van der Waals surface area contributed by atoms with Crippen molar-refractivity contribution >= 4 is 21.4 Å². The summed E-state index contributed by atoms with van der Waals surface area (Å²) in [6.07, 6.45) is 3.10. The molecular weight excluding hydrogens is 301 g/mol. The first-order valence-corrected chi connectivity index (χ1v) is 8.88. The number of nitrogens with one attached hydrogen (secondary N) is 1. The van der Waals surface area contributed by atoms with Crippen molar-refractivity contribution in [3.8, 4) is 0 Å². The van der Waals surface area contributed by atoms with Gasteiger partial charge in [0.1, 0.15) is 5.82 Å². The SMILES string of the molecule is CCCNC(CS(=O)(=O)c1ccc(F)c(Cl)c1)C1CC1. The van der Waals surface area contributed by atoms with Crippen molar-refractivity contribution in [1.82, 2.24) is 5.32 Å². The van der Waals surface area contributed by atoms with Crippen molar-refractivity contribution in [2.24, 2.45) is 5.92 Å². The van der Waals surface area contributed by atoms with E-state index in [1.807, 2.05) is 6.92 Å². The van der Waals surface area contributed by atoms with Crippen LogP contribution in [0.2, 0.25) is 5.02 Å². The van der Waals surface area contributed by atoms with Crippen LogP contribution in [0, 0.1) is 11.7 Å². The summed E-state index contributed by atoms with van der Waals surface area (Å²) in [5.74, 6) is -0.125. The van der Waals surface area contributed by atoms with Gasteiger partial charge in [0.15, 0.2) is 9.84 Å². The Hall–Kier alpha value is -0.650. The molecule has 1 aliphatic rings. The maximum Gasteiger partial charge on any atom is 0.179 e. The smallest absolute Gasteiger partial charge is 0.179 e. The summed E-state index contributed by atoms with van der Waals surface area (Å²) >= 11 is 5.66. The van der Waals surface area contributed by atoms with Crippen molar-refractivity contribution in [2.75, 3.05) is 12.3 Å². The quantitative estimate of drug-likeness (QED) is 0.786. The summed E-state index contributed by atoms with van der Waals surface area (Å²) in [5.41, 5.74) is 0. The molecule has 0 spiro atoms. The van der Waals surface area contributed by atoms with E-state index in [0.29, 0.717) is 5.92 Å². The fourth-order valence-electron chi connectivity index (χ4n) is 2.19. The Bertz CT molecular complexity index is 573. The highest BCUT2D eigenvalue weighted by Gasteiger charge is 2.34. The molecule has 0 saturated heterocycles. The van der Waals surface area contributed by atoms with Gasteiger partial charge in [0.25, 0.3) is 0 Å². The molecular formula is C14H19ClFNO2S. The molecule has 6 heteroatoms. The fourth-order valence-corrected chi connectivity index (χ4v) is 4.07. The Morgan fingerprint density at radius 3 is 2.70 bits per heavy atom. The first-order valence-electron chi connectivity index (χ1n) is 6.85. The molecule has 1 fully saturated rings. The summed E-state index contributed by atoms with van der Waals surface area (Å²) in [7, 11) is -3.45. The summed E-state index contributed by atoms with van der Waals surface area (Å²) in [5, 5.41) is 3.14. The van der Waals surface area contributed by atoms with Crippen LogP contribution in [-0.4, -0.2) is 26.8 Å². The van der Waals surface area contributed by atoms with E-state index in [1.165, 1.54) is 12.1 Å². The molecule has 1 aromatic rings. The number of halogens is 2. The molecule has 0 aliphatic heterocycles. The highest BCUT2D eigenvalue weighted by molar-refractivity contribution is 7.91. The second kappa shape index (κ2) is 6.41. The van der Waals surface area contributed by atoms with Crippen LogP contribution in [0.4, 0.5) is 4.39 Å². The maximum atomic E-state index is 13.1. The van der Waals surface area contributed by atoms with Gasteiger partial charge in [-0.25, -0.2) is 12.8 Å². The van der Waals surface area contributed by atoms with E-state index < -0.39 is 15.7 Å². The molecule has 0 heterocycles. The number of rotatable bonds is 7. The van der Waals surface area contributed by atoms with Crippen molar-refractivity contribution in [2.45, 2.75) is 37.1 Å². The summed E-state index contributed by atoms with van der Waals surface area (Å²) < 4.78 is 37.9. The van der Waals surface area contributed by atoms with Crippen LogP contribution < -0.4 is 5.32 Å². The van der Waals surface area contributed by atoms with E-state index in [4.69, 9.17) is 11.6 Å². The van der Waals surface area contributed by atoms with Gasteiger partial charge in [0, 0.05) is 6.04 Å². The molecule has 1 aliphatic carbocycles. The molecule has 0 amide bonds. The van der Waals surface area contributed by atoms with Crippen molar-refractivity contribution in [3.63, 3.8) is 0 Å². The average molecular weight is 320 g/mol.